The molecule has 0 spiro atoms. The fourth-order valence-corrected chi connectivity index (χ4v) is 1.23. The lowest BCUT2D eigenvalue weighted by Crippen LogP contribution is -2.21. The molecule has 0 saturated carbocycles. The number of halogens is 1. The Bertz CT molecular complexity index is 201. The molecule has 0 N–H and O–H groups in total. The molecule has 3 nitrogen and oxygen atoms in total. The first-order valence-corrected chi connectivity index (χ1v) is 5.79. The Balaban J connectivity index is 3.81. The summed E-state index contributed by atoms with van der Waals surface area (Å²) < 4.78 is 21.4. The average Bonchev–Trinajstić information content (AvgIpc) is 1.80. The number of hydrogen-bond acceptors (Lipinski definition) is 3. The van der Waals surface area contributed by atoms with Crippen LogP contribution in [0.5, 0.6) is 0 Å². The van der Waals surface area contributed by atoms with Crippen molar-refractivity contribution in [2.45, 2.75) is 18.6 Å². The highest BCUT2D eigenvalue weighted by Gasteiger charge is 2.16. The van der Waals surface area contributed by atoms with Gasteiger partial charge in [-0.1, -0.05) is 0 Å². The molecule has 0 aromatic heterocycles. The summed E-state index contributed by atoms with van der Waals surface area (Å²) in [5.41, 5.74) is 0. The van der Waals surface area contributed by atoms with Gasteiger partial charge in [-0.15, -0.1) is 0 Å². The third kappa shape index (κ3) is 5.47. The molecule has 0 amide bonds. The predicted molar refractivity (Wildman–Crippen MR) is 47.4 cm³/mol. The van der Waals surface area contributed by atoms with Gasteiger partial charge in [-0.05, 0) is 34.0 Å². The number of hydrogen-bond donors (Lipinski definition) is 0. The normalized spacial score (nSPS) is 15.4. The predicted octanol–water partition coefficient (Wildman–Crippen LogP) is 0.895. The van der Waals surface area contributed by atoms with Crippen LogP contribution in [0.2, 0.25) is 0 Å². The maximum Gasteiger partial charge on any atom is 0.235 e. The zero-order valence-corrected chi connectivity index (χ0v) is 8.61. The molecular formula is C6H14ClNO2S. The standard InChI is InChI=1S/C6H14ClNO2S/c1-6(11(7,9)10)4-5-8(2)3/h6H,4-5H2,1-3H3. The largest absolute Gasteiger partial charge is 0.309 e. The van der Waals surface area contributed by atoms with Crippen molar-refractivity contribution in [2.24, 2.45) is 0 Å². The molecule has 0 aliphatic rings. The quantitative estimate of drug-likeness (QED) is 0.632. The first-order valence-electron chi connectivity index (χ1n) is 3.42. The van der Waals surface area contributed by atoms with E-state index in [9.17, 15) is 8.42 Å². The van der Waals surface area contributed by atoms with Crippen molar-refractivity contribution in [1.29, 1.82) is 0 Å². The van der Waals surface area contributed by atoms with Crippen LogP contribution in [-0.2, 0) is 9.05 Å². The monoisotopic (exact) mass is 199 g/mol. The molecule has 0 aromatic carbocycles. The lowest BCUT2D eigenvalue weighted by Gasteiger charge is -2.11. The minimum atomic E-state index is -3.35. The van der Waals surface area contributed by atoms with Crippen molar-refractivity contribution in [2.75, 3.05) is 20.6 Å². The van der Waals surface area contributed by atoms with Crippen LogP contribution in [0.1, 0.15) is 13.3 Å². The van der Waals surface area contributed by atoms with Gasteiger partial charge in [0.15, 0.2) is 0 Å². The molecule has 0 radical (unpaired) electrons. The third-order valence-corrected chi connectivity index (χ3v) is 3.57. The Kier molecular flexibility index (Phi) is 4.36. The van der Waals surface area contributed by atoms with E-state index in [1.165, 1.54) is 0 Å². The second-order valence-electron chi connectivity index (χ2n) is 2.88. The average molecular weight is 200 g/mol. The summed E-state index contributed by atoms with van der Waals surface area (Å²) in [6.45, 7) is 2.36. The Labute approximate surface area is 72.8 Å². The van der Waals surface area contributed by atoms with Crippen molar-refractivity contribution in [1.82, 2.24) is 4.90 Å². The van der Waals surface area contributed by atoms with Crippen molar-refractivity contribution >= 4 is 19.7 Å². The van der Waals surface area contributed by atoms with E-state index in [-0.39, 0.29) is 0 Å². The van der Waals surface area contributed by atoms with E-state index in [1.54, 1.807) is 6.92 Å². The molecule has 0 aliphatic heterocycles. The van der Waals surface area contributed by atoms with Gasteiger partial charge in [0, 0.05) is 10.7 Å². The van der Waals surface area contributed by atoms with E-state index in [0.717, 1.165) is 6.54 Å². The maximum atomic E-state index is 10.7. The lowest BCUT2D eigenvalue weighted by molar-refractivity contribution is 0.398. The van der Waals surface area contributed by atoms with Crippen molar-refractivity contribution in [3.8, 4) is 0 Å². The highest BCUT2D eigenvalue weighted by atomic mass is 35.7. The van der Waals surface area contributed by atoms with E-state index >= 15 is 0 Å². The zero-order chi connectivity index (χ0) is 9.07. The second kappa shape index (κ2) is 4.28. The van der Waals surface area contributed by atoms with Gasteiger partial charge in [0.1, 0.15) is 0 Å². The molecule has 5 heteroatoms. The van der Waals surface area contributed by atoms with Crippen LogP contribution in [0.15, 0.2) is 0 Å². The van der Waals surface area contributed by atoms with Crippen LogP contribution in [0.3, 0.4) is 0 Å². The summed E-state index contributed by atoms with van der Waals surface area (Å²) in [6.07, 6.45) is 0.582. The molecule has 0 saturated heterocycles. The van der Waals surface area contributed by atoms with Crippen molar-refractivity contribution in [3.63, 3.8) is 0 Å². The van der Waals surface area contributed by atoms with E-state index in [1.807, 2.05) is 19.0 Å². The molecule has 0 aliphatic carbocycles. The summed E-state index contributed by atoms with van der Waals surface area (Å²) in [6, 6.07) is 0. The van der Waals surface area contributed by atoms with Gasteiger partial charge in [-0.25, -0.2) is 8.42 Å². The van der Waals surface area contributed by atoms with Crippen LogP contribution in [-0.4, -0.2) is 39.2 Å². The van der Waals surface area contributed by atoms with Gasteiger partial charge >= 0.3 is 0 Å². The van der Waals surface area contributed by atoms with Gasteiger partial charge < -0.3 is 4.90 Å². The summed E-state index contributed by atoms with van der Waals surface area (Å²) in [4.78, 5) is 1.93. The highest BCUT2D eigenvalue weighted by molar-refractivity contribution is 8.14. The van der Waals surface area contributed by atoms with Crippen LogP contribution < -0.4 is 0 Å². The van der Waals surface area contributed by atoms with Crippen molar-refractivity contribution in [3.05, 3.63) is 0 Å². The molecule has 0 heterocycles. The molecular weight excluding hydrogens is 186 g/mol. The number of rotatable bonds is 4. The Morgan fingerprint density at radius 3 is 2.18 bits per heavy atom. The zero-order valence-electron chi connectivity index (χ0n) is 7.04. The van der Waals surface area contributed by atoms with Gasteiger partial charge in [-0.3, -0.25) is 0 Å². The van der Waals surface area contributed by atoms with Gasteiger partial charge in [-0.2, -0.15) is 0 Å². The Hall–Kier alpha value is 0.200. The molecule has 0 bridgehead atoms. The smallest absolute Gasteiger partial charge is 0.235 e. The van der Waals surface area contributed by atoms with Gasteiger partial charge in [0.2, 0.25) is 9.05 Å². The van der Waals surface area contributed by atoms with Gasteiger partial charge in [0.05, 0.1) is 5.25 Å². The Morgan fingerprint density at radius 2 is 1.91 bits per heavy atom. The van der Waals surface area contributed by atoms with E-state index in [4.69, 9.17) is 10.7 Å². The van der Waals surface area contributed by atoms with Gasteiger partial charge in [0.25, 0.3) is 0 Å². The first-order chi connectivity index (χ1) is 4.84. The summed E-state index contributed by atoms with van der Waals surface area (Å²) in [7, 11) is 5.56. The second-order valence-corrected chi connectivity index (χ2v) is 5.92. The van der Waals surface area contributed by atoms with E-state index < -0.39 is 14.3 Å². The summed E-state index contributed by atoms with van der Waals surface area (Å²) >= 11 is 0. The topological polar surface area (TPSA) is 37.4 Å². The fourth-order valence-electron chi connectivity index (χ4n) is 0.581. The lowest BCUT2D eigenvalue weighted by atomic mass is 10.3. The highest BCUT2D eigenvalue weighted by Crippen LogP contribution is 2.10. The SMILES string of the molecule is CC(CCN(C)C)S(=O)(=O)Cl. The molecule has 1 unspecified atom stereocenters. The van der Waals surface area contributed by atoms with E-state index in [2.05, 4.69) is 0 Å². The molecule has 0 aromatic rings. The molecule has 68 valence electrons. The van der Waals surface area contributed by atoms with Crippen LogP contribution >= 0.6 is 10.7 Å². The maximum absolute atomic E-state index is 10.7. The fraction of sp³-hybridized carbons (Fsp3) is 1.00. The molecule has 11 heavy (non-hydrogen) atoms. The molecule has 0 fully saturated rings. The third-order valence-electron chi connectivity index (χ3n) is 1.46. The first kappa shape index (κ1) is 11.2. The van der Waals surface area contributed by atoms with E-state index in [0.29, 0.717) is 6.42 Å². The minimum absolute atomic E-state index is 0.452. The van der Waals surface area contributed by atoms with Crippen LogP contribution in [0.4, 0.5) is 0 Å². The summed E-state index contributed by atoms with van der Waals surface area (Å²) in [5.74, 6) is 0. The van der Waals surface area contributed by atoms with Crippen LogP contribution in [0, 0.1) is 0 Å². The summed E-state index contributed by atoms with van der Waals surface area (Å²) in [5, 5.41) is -0.452. The molecule has 0 rings (SSSR count). The molecule has 1 atom stereocenters. The van der Waals surface area contributed by atoms with Crippen molar-refractivity contribution < 1.29 is 8.42 Å². The Morgan fingerprint density at radius 1 is 1.45 bits per heavy atom. The number of nitrogens with zero attached hydrogens (tertiary/aromatic N) is 1. The minimum Gasteiger partial charge on any atom is -0.309 e. The van der Waals surface area contributed by atoms with Crippen LogP contribution in [0.25, 0.3) is 0 Å².